The van der Waals surface area contributed by atoms with E-state index in [1.807, 2.05) is 24.0 Å². The van der Waals surface area contributed by atoms with Crippen LogP contribution in [-0.2, 0) is 31.4 Å². The summed E-state index contributed by atoms with van der Waals surface area (Å²) in [5.74, 6) is 0.515. The molecular formula is C37H48ClN3O6S. The lowest BCUT2D eigenvalue weighted by atomic mass is 9.64. The molecule has 5 unspecified atom stereocenters. The highest BCUT2D eigenvalue weighted by molar-refractivity contribution is 7.90. The molecule has 1 saturated carbocycles. The van der Waals surface area contributed by atoms with E-state index in [-0.39, 0.29) is 34.6 Å². The summed E-state index contributed by atoms with van der Waals surface area (Å²) in [6.45, 7) is 7.86. The Morgan fingerprint density at radius 3 is 2.60 bits per heavy atom. The quantitative estimate of drug-likeness (QED) is 0.415. The first kappa shape index (κ1) is 33.7. The molecule has 1 N–H and O–H groups in total. The Morgan fingerprint density at radius 1 is 1.02 bits per heavy atom. The Balaban J connectivity index is 1.29. The van der Waals surface area contributed by atoms with Gasteiger partial charge in [0, 0.05) is 48.1 Å². The second-order valence-corrected chi connectivity index (χ2v) is 17.4. The van der Waals surface area contributed by atoms with E-state index in [2.05, 4.69) is 21.8 Å². The normalized spacial score (nSPS) is 32.1. The summed E-state index contributed by atoms with van der Waals surface area (Å²) < 4.78 is 41.4. The zero-order chi connectivity index (χ0) is 33.6. The van der Waals surface area contributed by atoms with E-state index in [1.54, 1.807) is 19.1 Å². The van der Waals surface area contributed by atoms with Gasteiger partial charge in [0.05, 0.1) is 30.8 Å². The lowest BCUT2D eigenvalue weighted by molar-refractivity contribution is -0.144. The van der Waals surface area contributed by atoms with Crippen molar-refractivity contribution in [3.8, 4) is 5.75 Å². The number of rotatable bonds is 1. The SMILES string of the molecule is CC1CCC[C@@H](C(=O)N2CCOCC2)C2CCC2CN2CC3(CCCc4cc(Cl)ccc43)COc3ccc(cc32)C(=O)NS(=O)(=O)C1C. The summed E-state index contributed by atoms with van der Waals surface area (Å²) in [6.07, 6.45) is 7.12. The number of carbonyl (C=O) groups is 2. The summed E-state index contributed by atoms with van der Waals surface area (Å²) in [6, 6.07) is 11.5. The zero-order valence-electron chi connectivity index (χ0n) is 28.1. The number of aryl methyl sites for hydroxylation is 1. The highest BCUT2D eigenvalue weighted by Gasteiger charge is 2.46. The molecule has 0 radical (unpaired) electrons. The predicted octanol–water partition coefficient (Wildman–Crippen LogP) is 5.58. The molecule has 2 aromatic carbocycles. The van der Waals surface area contributed by atoms with Gasteiger partial charge in [-0.1, -0.05) is 31.0 Å². The predicted molar refractivity (Wildman–Crippen MR) is 186 cm³/mol. The number of nitrogens with one attached hydrogen (secondary N) is 1. The van der Waals surface area contributed by atoms with Crippen molar-refractivity contribution < 1.29 is 27.5 Å². The third-order valence-corrected chi connectivity index (χ3v) is 14.2. The maximum atomic E-state index is 14.2. The summed E-state index contributed by atoms with van der Waals surface area (Å²) in [7, 11) is -3.94. The van der Waals surface area contributed by atoms with Crippen molar-refractivity contribution >= 4 is 39.1 Å². The van der Waals surface area contributed by atoms with Gasteiger partial charge in [-0.15, -0.1) is 0 Å². The van der Waals surface area contributed by atoms with Gasteiger partial charge >= 0.3 is 0 Å². The average molecular weight is 698 g/mol. The van der Waals surface area contributed by atoms with Crippen LogP contribution in [0.15, 0.2) is 36.4 Å². The standard InChI is InChI=1S/C37H48ClN3O6S/c1-24-5-3-7-31(36(43)40-15-17-46-18-16-40)30-11-8-28(30)21-41-22-37(14-4-6-26-19-29(38)10-12-32(26)37)23-47-34-13-9-27(20-33(34)41)35(42)39-48(44,45)25(24)2/h9-10,12-13,19-20,24-25,28,30-31H,3-8,11,14-18,21-23H2,1-2H3,(H,39,42)/t24?,25?,28?,30?,31-,37?/m1/s1. The van der Waals surface area contributed by atoms with E-state index < -0.39 is 21.2 Å². The summed E-state index contributed by atoms with van der Waals surface area (Å²) in [5, 5.41) is -0.0316. The minimum atomic E-state index is -3.94. The molecule has 48 heavy (non-hydrogen) atoms. The average Bonchev–Trinajstić information content (AvgIpc) is 3.21. The molecule has 3 aliphatic heterocycles. The van der Waals surface area contributed by atoms with Gasteiger partial charge in [0.1, 0.15) is 5.75 Å². The molecule has 1 spiro atoms. The van der Waals surface area contributed by atoms with Crippen LogP contribution in [0.1, 0.15) is 80.3 Å². The number of nitrogens with zero attached hydrogens (tertiary/aromatic N) is 2. The molecule has 2 aliphatic carbocycles. The van der Waals surface area contributed by atoms with E-state index in [0.717, 1.165) is 62.2 Å². The van der Waals surface area contributed by atoms with Gasteiger partial charge in [0.15, 0.2) is 0 Å². The van der Waals surface area contributed by atoms with Crippen molar-refractivity contribution in [2.45, 2.75) is 75.9 Å². The van der Waals surface area contributed by atoms with E-state index in [0.29, 0.717) is 57.5 Å². The van der Waals surface area contributed by atoms with Crippen molar-refractivity contribution in [3.63, 3.8) is 0 Å². The van der Waals surface area contributed by atoms with Crippen LogP contribution in [0.25, 0.3) is 0 Å². The van der Waals surface area contributed by atoms with Crippen molar-refractivity contribution in [2.75, 3.05) is 50.9 Å². The second-order valence-electron chi connectivity index (χ2n) is 14.9. The summed E-state index contributed by atoms with van der Waals surface area (Å²) >= 11 is 6.45. The molecule has 5 aliphatic rings. The number of benzene rings is 2. The first-order valence-electron chi connectivity index (χ1n) is 17.8. The summed E-state index contributed by atoms with van der Waals surface area (Å²) in [4.78, 5) is 32.1. The Morgan fingerprint density at radius 2 is 1.83 bits per heavy atom. The molecule has 9 nitrogen and oxygen atoms in total. The largest absolute Gasteiger partial charge is 0.490 e. The third kappa shape index (κ3) is 6.44. The first-order valence-corrected chi connectivity index (χ1v) is 19.7. The molecule has 2 aromatic rings. The van der Waals surface area contributed by atoms with Gasteiger partial charge in [-0.3, -0.25) is 9.59 Å². The number of hydrogen-bond donors (Lipinski definition) is 1. The van der Waals surface area contributed by atoms with E-state index >= 15 is 0 Å². The minimum Gasteiger partial charge on any atom is -0.490 e. The van der Waals surface area contributed by atoms with Crippen LogP contribution in [0.2, 0.25) is 5.02 Å². The molecule has 2 fully saturated rings. The Labute approximate surface area is 289 Å². The fourth-order valence-corrected chi connectivity index (χ4v) is 10.4. The maximum Gasteiger partial charge on any atom is 0.264 e. The molecule has 11 heteroatoms. The van der Waals surface area contributed by atoms with Crippen molar-refractivity contribution in [1.29, 1.82) is 0 Å². The van der Waals surface area contributed by atoms with Gasteiger partial charge in [0.2, 0.25) is 15.9 Å². The molecule has 6 atom stereocenters. The summed E-state index contributed by atoms with van der Waals surface area (Å²) in [5.41, 5.74) is 3.32. The Bertz CT molecular complexity index is 1660. The van der Waals surface area contributed by atoms with Crippen LogP contribution in [0, 0.1) is 23.7 Å². The number of fused-ring (bicyclic) bond motifs is 4. The Hall–Kier alpha value is -2.82. The van der Waals surface area contributed by atoms with Gasteiger partial charge in [-0.05, 0) is 111 Å². The fourth-order valence-electron chi connectivity index (χ4n) is 8.91. The molecule has 260 valence electrons. The number of halogens is 1. The topological polar surface area (TPSA) is 105 Å². The molecule has 2 amide bonds. The smallest absolute Gasteiger partial charge is 0.264 e. The zero-order valence-corrected chi connectivity index (χ0v) is 29.7. The van der Waals surface area contributed by atoms with Crippen LogP contribution in [-0.4, -0.2) is 76.4 Å². The Kier molecular flexibility index (Phi) is 9.45. The molecule has 2 bridgehead atoms. The van der Waals surface area contributed by atoms with Gasteiger partial charge in [-0.2, -0.15) is 0 Å². The molecule has 7 rings (SSSR count). The number of ether oxygens (including phenoxy) is 2. The highest BCUT2D eigenvalue weighted by atomic mass is 35.5. The molecule has 3 heterocycles. The second kappa shape index (κ2) is 13.5. The van der Waals surface area contributed by atoms with Crippen molar-refractivity contribution in [1.82, 2.24) is 9.62 Å². The van der Waals surface area contributed by atoms with Crippen molar-refractivity contribution in [2.24, 2.45) is 23.7 Å². The van der Waals surface area contributed by atoms with Crippen LogP contribution >= 0.6 is 11.6 Å². The number of sulfonamides is 1. The number of carbonyl (C=O) groups excluding carboxylic acids is 2. The lowest BCUT2D eigenvalue weighted by Crippen LogP contribution is -2.51. The molecule has 1 saturated heterocycles. The maximum absolute atomic E-state index is 14.2. The highest BCUT2D eigenvalue weighted by Crippen LogP contribution is 2.48. The van der Waals surface area contributed by atoms with Crippen LogP contribution in [0.3, 0.4) is 0 Å². The number of hydrogen-bond acceptors (Lipinski definition) is 7. The van der Waals surface area contributed by atoms with Crippen LogP contribution in [0.4, 0.5) is 5.69 Å². The van der Waals surface area contributed by atoms with Crippen LogP contribution in [0.5, 0.6) is 5.75 Å². The fraction of sp³-hybridized carbons (Fsp3) is 0.622. The number of anilines is 1. The van der Waals surface area contributed by atoms with E-state index in [4.69, 9.17) is 21.1 Å². The number of morpholine rings is 1. The van der Waals surface area contributed by atoms with Crippen molar-refractivity contribution in [3.05, 3.63) is 58.1 Å². The monoisotopic (exact) mass is 697 g/mol. The van der Waals surface area contributed by atoms with Crippen LogP contribution < -0.4 is 14.4 Å². The van der Waals surface area contributed by atoms with Gasteiger partial charge in [-0.25, -0.2) is 13.1 Å². The van der Waals surface area contributed by atoms with Gasteiger partial charge < -0.3 is 19.3 Å². The minimum absolute atomic E-state index is 0.117. The first-order chi connectivity index (χ1) is 23.0. The van der Waals surface area contributed by atoms with E-state index in [9.17, 15) is 18.0 Å². The van der Waals surface area contributed by atoms with Gasteiger partial charge in [0.25, 0.3) is 5.91 Å². The number of amides is 2. The third-order valence-electron chi connectivity index (χ3n) is 12.1. The van der Waals surface area contributed by atoms with E-state index in [1.165, 1.54) is 11.1 Å². The lowest BCUT2D eigenvalue weighted by Gasteiger charge is -2.47. The molecule has 0 aromatic heterocycles. The molecular weight excluding hydrogens is 650 g/mol.